The van der Waals surface area contributed by atoms with Crippen LogP contribution in [-0.2, 0) is 11.3 Å². The predicted molar refractivity (Wildman–Crippen MR) is 68.6 cm³/mol. The Hall–Kier alpha value is -0.870. The average Bonchev–Trinajstić information content (AvgIpc) is 2.78. The molecule has 0 atom stereocenters. The molecule has 0 aliphatic heterocycles. The Bertz CT molecular complexity index is 298. The number of carbonyl (C=O) groups excluding carboxylic acids is 1. The maximum atomic E-state index is 11.6. The molecular formula is C12H20N2OS. The normalized spacial score (nSPS) is 10.7. The maximum absolute atomic E-state index is 11.6. The number of nitrogens with one attached hydrogen (secondary N) is 1. The summed E-state index contributed by atoms with van der Waals surface area (Å²) in [6, 6.07) is 4.04. The summed E-state index contributed by atoms with van der Waals surface area (Å²) in [7, 11) is 0. The number of hydrogen-bond donors (Lipinski definition) is 1. The van der Waals surface area contributed by atoms with E-state index >= 15 is 0 Å². The lowest BCUT2D eigenvalue weighted by atomic mass is 10.4. The van der Waals surface area contributed by atoms with Crippen molar-refractivity contribution in [2.24, 2.45) is 0 Å². The molecule has 3 nitrogen and oxygen atoms in total. The van der Waals surface area contributed by atoms with Crippen LogP contribution in [0.2, 0.25) is 0 Å². The smallest absolute Gasteiger partial charge is 0.234 e. The van der Waals surface area contributed by atoms with Crippen molar-refractivity contribution in [2.45, 2.75) is 26.8 Å². The lowest BCUT2D eigenvalue weighted by Gasteiger charge is -2.18. The van der Waals surface area contributed by atoms with Gasteiger partial charge in [0.1, 0.15) is 0 Å². The average molecular weight is 240 g/mol. The van der Waals surface area contributed by atoms with E-state index in [1.54, 1.807) is 11.3 Å². The van der Waals surface area contributed by atoms with Crippen molar-refractivity contribution in [3.8, 4) is 0 Å². The molecule has 0 unspecified atom stereocenters. The molecule has 1 rings (SSSR count). The Labute approximate surface area is 101 Å². The van der Waals surface area contributed by atoms with Crippen LogP contribution in [0, 0.1) is 0 Å². The van der Waals surface area contributed by atoms with Gasteiger partial charge in [0, 0.05) is 4.88 Å². The molecular weight excluding hydrogens is 220 g/mol. The van der Waals surface area contributed by atoms with Crippen LogP contribution < -0.4 is 5.32 Å². The highest BCUT2D eigenvalue weighted by atomic mass is 32.1. The largest absolute Gasteiger partial charge is 0.350 e. The molecule has 0 radical (unpaired) electrons. The first-order valence-electron chi connectivity index (χ1n) is 5.77. The predicted octanol–water partition coefficient (Wildman–Crippen LogP) is 2.10. The van der Waals surface area contributed by atoms with Crippen LogP contribution >= 0.6 is 11.3 Å². The fraction of sp³-hybridized carbons (Fsp3) is 0.583. The summed E-state index contributed by atoms with van der Waals surface area (Å²) in [6.07, 6.45) is 1.09. The van der Waals surface area contributed by atoms with Gasteiger partial charge in [0.05, 0.1) is 13.1 Å². The molecule has 1 N–H and O–H groups in total. The lowest BCUT2D eigenvalue weighted by molar-refractivity contribution is -0.122. The van der Waals surface area contributed by atoms with E-state index in [9.17, 15) is 4.79 Å². The van der Waals surface area contributed by atoms with E-state index in [4.69, 9.17) is 0 Å². The van der Waals surface area contributed by atoms with Gasteiger partial charge in [-0.2, -0.15) is 0 Å². The van der Waals surface area contributed by atoms with Gasteiger partial charge in [0.2, 0.25) is 5.91 Å². The van der Waals surface area contributed by atoms with Crippen LogP contribution in [-0.4, -0.2) is 30.4 Å². The summed E-state index contributed by atoms with van der Waals surface area (Å²) in [5, 5.41) is 4.96. The minimum Gasteiger partial charge on any atom is -0.350 e. The minimum absolute atomic E-state index is 0.115. The molecule has 0 saturated heterocycles. The first-order valence-corrected chi connectivity index (χ1v) is 6.65. The molecule has 1 heterocycles. The third-order valence-corrected chi connectivity index (χ3v) is 3.27. The molecule has 1 aromatic rings. The van der Waals surface area contributed by atoms with Gasteiger partial charge in [-0.25, -0.2) is 0 Å². The summed E-state index contributed by atoms with van der Waals surface area (Å²) in [6.45, 7) is 7.30. The molecule has 4 heteroatoms. The second-order valence-corrected chi connectivity index (χ2v) is 4.76. The second kappa shape index (κ2) is 7.41. The molecule has 0 aliphatic carbocycles. The first kappa shape index (κ1) is 13.2. The molecule has 1 amide bonds. The van der Waals surface area contributed by atoms with E-state index in [2.05, 4.69) is 24.1 Å². The monoisotopic (exact) mass is 240 g/mol. The fourth-order valence-electron chi connectivity index (χ4n) is 1.52. The van der Waals surface area contributed by atoms with Crippen molar-refractivity contribution >= 4 is 17.2 Å². The Morgan fingerprint density at radius 3 is 2.88 bits per heavy atom. The van der Waals surface area contributed by atoms with Gasteiger partial charge in [-0.05, 0) is 31.0 Å². The van der Waals surface area contributed by atoms with Gasteiger partial charge in [-0.1, -0.05) is 19.9 Å². The summed E-state index contributed by atoms with van der Waals surface area (Å²) < 4.78 is 0. The lowest BCUT2D eigenvalue weighted by Crippen LogP contribution is -2.37. The fourth-order valence-corrected chi connectivity index (χ4v) is 2.17. The van der Waals surface area contributed by atoms with Gasteiger partial charge in [-0.15, -0.1) is 11.3 Å². The van der Waals surface area contributed by atoms with Crippen molar-refractivity contribution < 1.29 is 4.79 Å². The Morgan fingerprint density at radius 2 is 2.31 bits per heavy atom. The molecule has 16 heavy (non-hydrogen) atoms. The van der Waals surface area contributed by atoms with Crippen LogP contribution in [0.4, 0.5) is 0 Å². The molecule has 0 saturated carbocycles. The van der Waals surface area contributed by atoms with E-state index in [1.807, 2.05) is 17.5 Å². The van der Waals surface area contributed by atoms with E-state index < -0.39 is 0 Å². The van der Waals surface area contributed by atoms with Crippen LogP contribution in [0.3, 0.4) is 0 Å². The Kier molecular flexibility index (Phi) is 6.11. The number of rotatable bonds is 7. The van der Waals surface area contributed by atoms with Gasteiger partial charge < -0.3 is 5.32 Å². The van der Waals surface area contributed by atoms with Gasteiger partial charge >= 0.3 is 0 Å². The zero-order chi connectivity index (χ0) is 11.8. The molecule has 0 fully saturated rings. The van der Waals surface area contributed by atoms with E-state index in [1.165, 1.54) is 4.88 Å². The quantitative estimate of drug-likeness (QED) is 0.791. The van der Waals surface area contributed by atoms with E-state index in [-0.39, 0.29) is 5.91 Å². The second-order valence-electron chi connectivity index (χ2n) is 3.72. The molecule has 0 bridgehead atoms. The van der Waals surface area contributed by atoms with Crippen molar-refractivity contribution in [1.29, 1.82) is 0 Å². The highest BCUT2D eigenvalue weighted by molar-refractivity contribution is 7.09. The summed E-state index contributed by atoms with van der Waals surface area (Å²) in [4.78, 5) is 15.0. The Morgan fingerprint density at radius 1 is 1.50 bits per heavy atom. The topological polar surface area (TPSA) is 32.3 Å². The first-order chi connectivity index (χ1) is 7.76. The molecule has 0 spiro atoms. The summed E-state index contributed by atoms with van der Waals surface area (Å²) in [5.74, 6) is 0.115. The van der Waals surface area contributed by atoms with Gasteiger partial charge in [-0.3, -0.25) is 9.69 Å². The van der Waals surface area contributed by atoms with Crippen molar-refractivity contribution in [3.05, 3.63) is 22.4 Å². The summed E-state index contributed by atoms with van der Waals surface area (Å²) >= 11 is 1.67. The van der Waals surface area contributed by atoms with Crippen LogP contribution in [0.5, 0.6) is 0 Å². The summed E-state index contributed by atoms with van der Waals surface area (Å²) in [5.41, 5.74) is 0. The third kappa shape index (κ3) is 4.77. The number of hydrogen-bond acceptors (Lipinski definition) is 3. The van der Waals surface area contributed by atoms with Crippen LogP contribution in [0.25, 0.3) is 0 Å². The van der Waals surface area contributed by atoms with E-state index in [0.717, 1.165) is 19.5 Å². The van der Waals surface area contributed by atoms with Crippen LogP contribution in [0.15, 0.2) is 17.5 Å². The number of thiophene rings is 1. The van der Waals surface area contributed by atoms with Gasteiger partial charge in [0.15, 0.2) is 0 Å². The van der Waals surface area contributed by atoms with Gasteiger partial charge in [0.25, 0.3) is 0 Å². The SMILES string of the molecule is CCCN(CC)CC(=O)NCc1cccs1. The highest BCUT2D eigenvalue weighted by Crippen LogP contribution is 2.07. The zero-order valence-electron chi connectivity index (χ0n) is 10.0. The van der Waals surface area contributed by atoms with Crippen molar-refractivity contribution in [2.75, 3.05) is 19.6 Å². The van der Waals surface area contributed by atoms with Crippen molar-refractivity contribution in [3.63, 3.8) is 0 Å². The molecule has 0 aromatic carbocycles. The standard InChI is InChI=1S/C12H20N2OS/c1-3-7-14(4-2)10-12(15)13-9-11-6-5-8-16-11/h5-6,8H,3-4,7,9-10H2,1-2H3,(H,13,15). The Balaban J connectivity index is 2.24. The number of amides is 1. The molecule has 1 aromatic heterocycles. The third-order valence-electron chi connectivity index (χ3n) is 2.39. The highest BCUT2D eigenvalue weighted by Gasteiger charge is 2.07. The molecule has 0 aliphatic rings. The van der Waals surface area contributed by atoms with Crippen LogP contribution in [0.1, 0.15) is 25.1 Å². The molecule has 90 valence electrons. The maximum Gasteiger partial charge on any atom is 0.234 e. The van der Waals surface area contributed by atoms with Crippen molar-refractivity contribution in [1.82, 2.24) is 10.2 Å². The van der Waals surface area contributed by atoms with E-state index in [0.29, 0.717) is 13.1 Å². The minimum atomic E-state index is 0.115. The number of nitrogens with zero attached hydrogens (tertiary/aromatic N) is 1. The number of carbonyl (C=O) groups is 1. The number of likely N-dealkylation sites (N-methyl/N-ethyl adjacent to an activating group) is 1. The zero-order valence-corrected chi connectivity index (χ0v) is 10.8.